The number of pyridine rings is 1. The molecule has 2 unspecified atom stereocenters. The summed E-state index contributed by atoms with van der Waals surface area (Å²) < 4.78 is 0. The van der Waals surface area contributed by atoms with E-state index in [9.17, 15) is 9.90 Å². The molecule has 2 N–H and O–H groups in total. The summed E-state index contributed by atoms with van der Waals surface area (Å²) in [4.78, 5) is 18.3. The Labute approximate surface area is 126 Å². The molecule has 1 aliphatic rings. The van der Waals surface area contributed by atoms with Gasteiger partial charge in [-0.2, -0.15) is 0 Å². The van der Waals surface area contributed by atoms with Crippen molar-refractivity contribution in [1.82, 2.24) is 9.88 Å². The molecule has 1 aliphatic carbocycles. The molecule has 5 nitrogen and oxygen atoms in total. The van der Waals surface area contributed by atoms with Gasteiger partial charge in [0.2, 0.25) is 0 Å². The van der Waals surface area contributed by atoms with E-state index in [1.807, 2.05) is 26.0 Å². The van der Waals surface area contributed by atoms with Gasteiger partial charge in [0.15, 0.2) is 0 Å². The largest absolute Gasteiger partial charge is 0.396 e. The fraction of sp³-hybridized carbons (Fsp3) is 0.625. The first-order valence-corrected chi connectivity index (χ1v) is 7.82. The predicted molar refractivity (Wildman–Crippen MR) is 83.3 cm³/mol. The Morgan fingerprint density at radius 3 is 2.86 bits per heavy atom. The molecule has 2 rings (SSSR count). The van der Waals surface area contributed by atoms with E-state index in [2.05, 4.69) is 10.3 Å². The first-order chi connectivity index (χ1) is 10.2. The normalized spacial score (nSPS) is 21.3. The van der Waals surface area contributed by atoms with Crippen molar-refractivity contribution in [2.75, 3.05) is 25.0 Å². The number of carbonyl (C=O) groups excluding carboxylic acids is 1. The molecule has 5 heteroatoms. The number of anilines is 1. The first kappa shape index (κ1) is 15.8. The second-order valence-corrected chi connectivity index (χ2v) is 5.53. The van der Waals surface area contributed by atoms with Gasteiger partial charge < -0.3 is 15.3 Å². The first-order valence-electron chi connectivity index (χ1n) is 7.82. The minimum Gasteiger partial charge on any atom is -0.396 e. The van der Waals surface area contributed by atoms with Gasteiger partial charge in [0.1, 0.15) is 5.69 Å². The molecule has 1 saturated carbocycles. The number of hydrogen-bond donors (Lipinski definition) is 2. The van der Waals surface area contributed by atoms with E-state index in [1.54, 1.807) is 11.1 Å². The standard InChI is InChI=1S/C16H25N3O2/c1-3-19(4-2)16(21)15-10-13(8-9-17-15)18-14-7-5-6-12(14)11-20/h8-10,12,14,20H,3-7,11H2,1-2H3,(H,17,18). The molecule has 1 aromatic rings. The Bertz CT molecular complexity index is 474. The van der Waals surface area contributed by atoms with E-state index < -0.39 is 0 Å². The Kier molecular flexibility index (Phi) is 5.56. The number of rotatable bonds is 6. The molecule has 0 spiro atoms. The van der Waals surface area contributed by atoms with Crippen molar-refractivity contribution in [1.29, 1.82) is 0 Å². The van der Waals surface area contributed by atoms with E-state index in [1.165, 1.54) is 0 Å². The highest BCUT2D eigenvalue weighted by atomic mass is 16.3. The van der Waals surface area contributed by atoms with Crippen LogP contribution in [-0.2, 0) is 0 Å². The van der Waals surface area contributed by atoms with Crippen LogP contribution in [0.3, 0.4) is 0 Å². The third kappa shape index (κ3) is 3.73. The van der Waals surface area contributed by atoms with Gasteiger partial charge in [-0.15, -0.1) is 0 Å². The lowest BCUT2D eigenvalue weighted by atomic mass is 10.0. The van der Waals surface area contributed by atoms with Gasteiger partial charge in [-0.1, -0.05) is 6.42 Å². The molecule has 1 amide bonds. The lowest BCUT2D eigenvalue weighted by Crippen LogP contribution is -2.31. The van der Waals surface area contributed by atoms with E-state index >= 15 is 0 Å². The maximum absolute atomic E-state index is 12.3. The molecular weight excluding hydrogens is 266 g/mol. The van der Waals surface area contributed by atoms with Crippen LogP contribution in [0, 0.1) is 5.92 Å². The summed E-state index contributed by atoms with van der Waals surface area (Å²) in [5.74, 6) is 0.272. The average Bonchev–Trinajstić information content (AvgIpc) is 2.96. The van der Waals surface area contributed by atoms with Gasteiger partial charge >= 0.3 is 0 Å². The van der Waals surface area contributed by atoms with Crippen LogP contribution >= 0.6 is 0 Å². The summed E-state index contributed by atoms with van der Waals surface area (Å²) in [6, 6.07) is 3.98. The van der Waals surface area contributed by atoms with Crippen molar-refractivity contribution in [3.8, 4) is 0 Å². The van der Waals surface area contributed by atoms with E-state index in [0.29, 0.717) is 24.7 Å². The maximum Gasteiger partial charge on any atom is 0.272 e. The molecule has 0 radical (unpaired) electrons. The molecule has 0 aliphatic heterocycles. The maximum atomic E-state index is 12.3. The minimum absolute atomic E-state index is 0.0335. The number of amides is 1. The smallest absolute Gasteiger partial charge is 0.272 e. The van der Waals surface area contributed by atoms with Crippen molar-refractivity contribution in [3.63, 3.8) is 0 Å². The van der Waals surface area contributed by atoms with Crippen LogP contribution in [0.25, 0.3) is 0 Å². The number of aliphatic hydroxyl groups is 1. The van der Waals surface area contributed by atoms with Gasteiger partial charge in [0, 0.05) is 43.5 Å². The Morgan fingerprint density at radius 1 is 1.43 bits per heavy atom. The molecule has 1 heterocycles. The monoisotopic (exact) mass is 291 g/mol. The number of nitrogens with one attached hydrogen (secondary N) is 1. The number of hydrogen-bond acceptors (Lipinski definition) is 4. The SMILES string of the molecule is CCN(CC)C(=O)c1cc(NC2CCCC2CO)ccn1. The van der Waals surface area contributed by atoms with Crippen LogP contribution in [0.15, 0.2) is 18.3 Å². The van der Waals surface area contributed by atoms with Crippen molar-refractivity contribution >= 4 is 11.6 Å². The Balaban J connectivity index is 2.09. The summed E-state index contributed by atoms with van der Waals surface area (Å²) in [5, 5.41) is 12.8. The lowest BCUT2D eigenvalue weighted by molar-refractivity contribution is 0.0767. The number of carbonyl (C=O) groups is 1. The third-order valence-corrected chi connectivity index (χ3v) is 4.28. The highest BCUT2D eigenvalue weighted by molar-refractivity contribution is 5.93. The van der Waals surface area contributed by atoms with E-state index in [0.717, 1.165) is 24.9 Å². The molecular formula is C16H25N3O2. The lowest BCUT2D eigenvalue weighted by Gasteiger charge is -2.21. The number of aromatic nitrogens is 1. The molecule has 21 heavy (non-hydrogen) atoms. The molecule has 0 saturated heterocycles. The topological polar surface area (TPSA) is 65.5 Å². The fourth-order valence-corrected chi connectivity index (χ4v) is 2.97. The third-order valence-electron chi connectivity index (χ3n) is 4.28. The van der Waals surface area contributed by atoms with Crippen LogP contribution < -0.4 is 5.32 Å². The van der Waals surface area contributed by atoms with Crippen LogP contribution in [0.1, 0.15) is 43.6 Å². The van der Waals surface area contributed by atoms with Crippen LogP contribution in [0.5, 0.6) is 0 Å². The van der Waals surface area contributed by atoms with Crippen LogP contribution in [0.2, 0.25) is 0 Å². The minimum atomic E-state index is -0.0335. The van der Waals surface area contributed by atoms with Crippen LogP contribution in [-0.4, -0.2) is 46.6 Å². The summed E-state index contributed by atoms with van der Waals surface area (Å²) in [7, 11) is 0. The van der Waals surface area contributed by atoms with Crippen molar-refractivity contribution < 1.29 is 9.90 Å². The zero-order chi connectivity index (χ0) is 15.2. The molecule has 1 fully saturated rings. The summed E-state index contributed by atoms with van der Waals surface area (Å²) in [5.41, 5.74) is 1.38. The predicted octanol–water partition coefficient (Wildman–Crippen LogP) is 2.14. The quantitative estimate of drug-likeness (QED) is 0.843. The van der Waals surface area contributed by atoms with Gasteiger partial charge in [0.25, 0.3) is 5.91 Å². The molecule has 116 valence electrons. The van der Waals surface area contributed by atoms with Gasteiger partial charge in [-0.25, -0.2) is 0 Å². The van der Waals surface area contributed by atoms with Crippen molar-refractivity contribution in [2.45, 2.75) is 39.2 Å². The second-order valence-electron chi connectivity index (χ2n) is 5.53. The Hall–Kier alpha value is -1.62. The second kappa shape index (κ2) is 7.41. The zero-order valence-electron chi connectivity index (χ0n) is 12.9. The highest BCUT2D eigenvalue weighted by Crippen LogP contribution is 2.28. The Morgan fingerprint density at radius 2 is 2.19 bits per heavy atom. The van der Waals surface area contributed by atoms with Gasteiger partial charge in [0.05, 0.1) is 0 Å². The summed E-state index contributed by atoms with van der Waals surface area (Å²) in [6.07, 6.45) is 4.93. The van der Waals surface area contributed by atoms with Crippen molar-refractivity contribution in [3.05, 3.63) is 24.0 Å². The van der Waals surface area contributed by atoms with Gasteiger partial charge in [-0.05, 0) is 38.8 Å². The summed E-state index contributed by atoms with van der Waals surface area (Å²) in [6.45, 7) is 5.52. The van der Waals surface area contributed by atoms with E-state index in [-0.39, 0.29) is 18.6 Å². The number of nitrogens with zero attached hydrogens (tertiary/aromatic N) is 2. The average molecular weight is 291 g/mol. The fourth-order valence-electron chi connectivity index (χ4n) is 2.97. The highest BCUT2D eigenvalue weighted by Gasteiger charge is 2.26. The molecule has 2 atom stereocenters. The van der Waals surface area contributed by atoms with Gasteiger partial charge in [-0.3, -0.25) is 9.78 Å². The molecule has 0 aromatic carbocycles. The zero-order valence-corrected chi connectivity index (χ0v) is 12.9. The molecule has 0 bridgehead atoms. The van der Waals surface area contributed by atoms with E-state index in [4.69, 9.17) is 0 Å². The van der Waals surface area contributed by atoms with Crippen molar-refractivity contribution in [2.24, 2.45) is 5.92 Å². The summed E-state index contributed by atoms with van der Waals surface area (Å²) >= 11 is 0. The molecule has 1 aromatic heterocycles. The number of aliphatic hydroxyl groups excluding tert-OH is 1. The van der Waals surface area contributed by atoms with Crippen LogP contribution in [0.4, 0.5) is 5.69 Å².